The predicted molar refractivity (Wildman–Crippen MR) is 117 cm³/mol. The van der Waals surface area contributed by atoms with Gasteiger partial charge in [-0.3, -0.25) is 4.99 Å². The van der Waals surface area contributed by atoms with E-state index < -0.39 is 0 Å². The first kappa shape index (κ1) is 21.4. The van der Waals surface area contributed by atoms with Gasteiger partial charge in [0.25, 0.3) is 0 Å². The largest absolute Gasteiger partial charge is 0.381 e. The second-order valence-corrected chi connectivity index (χ2v) is 8.22. The maximum atomic E-state index is 9.43. The Morgan fingerprint density at radius 2 is 2.10 bits per heavy atom. The summed E-state index contributed by atoms with van der Waals surface area (Å²) < 4.78 is 5.57. The minimum absolute atomic E-state index is 0.0974. The van der Waals surface area contributed by atoms with Crippen molar-refractivity contribution in [1.29, 1.82) is 5.26 Å². The third-order valence-electron chi connectivity index (χ3n) is 6.31. The van der Waals surface area contributed by atoms with Crippen LogP contribution in [0.5, 0.6) is 0 Å². The number of hydrogen-bond donors (Lipinski definition) is 2. The fraction of sp³-hybridized carbons (Fsp3) is 0.636. The molecule has 1 aromatic carbocycles. The van der Waals surface area contributed by atoms with Crippen molar-refractivity contribution in [2.75, 3.05) is 58.9 Å². The Bertz CT molecular complexity index is 735. The Kier molecular flexibility index (Phi) is 7.34. The van der Waals surface area contributed by atoms with Gasteiger partial charge >= 0.3 is 0 Å². The molecule has 158 valence electrons. The Balaban J connectivity index is 1.60. The van der Waals surface area contributed by atoms with Gasteiger partial charge in [-0.05, 0) is 51.9 Å². The molecule has 0 aliphatic carbocycles. The molecule has 3 rings (SSSR count). The van der Waals surface area contributed by atoms with E-state index in [0.29, 0.717) is 6.04 Å². The molecule has 0 bridgehead atoms. The monoisotopic (exact) mass is 398 g/mol. The first-order valence-electron chi connectivity index (χ1n) is 10.5. The average molecular weight is 399 g/mol. The lowest BCUT2D eigenvalue weighted by Crippen LogP contribution is -2.58. The minimum Gasteiger partial charge on any atom is -0.381 e. The molecule has 2 saturated heterocycles. The maximum absolute atomic E-state index is 9.43. The molecule has 0 aromatic heterocycles. The van der Waals surface area contributed by atoms with Crippen LogP contribution in [-0.2, 0) is 4.74 Å². The van der Waals surface area contributed by atoms with Gasteiger partial charge in [0.1, 0.15) is 6.07 Å². The van der Waals surface area contributed by atoms with Crippen molar-refractivity contribution in [1.82, 2.24) is 15.5 Å². The maximum Gasteiger partial charge on any atom is 0.191 e. The van der Waals surface area contributed by atoms with E-state index in [1.54, 1.807) is 0 Å². The fourth-order valence-corrected chi connectivity index (χ4v) is 4.33. The molecule has 0 spiro atoms. The lowest BCUT2D eigenvalue weighted by molar-refractivity contribution is -0.00503. The topological polar surface area (TPSA) is 75.9 Å². The molecule has 29 heavy (non-hydrogen) atoms. The average Bonchev–Trinajstić information content (AvgIpc) is 2.77. The van der Waals surface area contributed by atoms with Crippen LogP contribution in [0.1, 0.15) is 31.2 Å². The molecule has 2 fully saturated rings. The number of para-hydroxylation sites is 1. The molecule has 2 aliphatic rings. The molecule has 2 N–H and O–H groups in total. The first-order chi connectivity index (χ1) is 14.1. The number of nitriles is 1. The normalized spacial score (nSPS) is 22.2. The van der Waals surface area contributed by atoms with Gasteiger partial charge in [-0.25, -0.2) is 0 Å². The van der Waals surface area contributed by atoms with Gasteiger partial charge < -0.3 is 25.2 Å². The molecule has 0 radical (unpaired) electrons. The van der Waals surface area contributed by atoms with E-state index in [4.69, 9.17) is 4.74 Å². The zero-order valence-electron chi connectivity index (χ0n) is 17.9. The summed E-state index contributed by atoms with van der Waals surface area (Å²) in [5.41, 5.74) is 1.86. The number of nitrogens with one attached hydrogen (secondary N) is 2. The van der Waals surface area contributed by atoms with Gasteiger partial charge in [-0.1, -0.05) is 12.1 Å². The summed E-state index contributed by atoms with van der Waals surface area (Å²) in [6.45, 7) is 4.30. The van der Waals surface area contributed by atoms with Crippen LogP contribution in [0, 0.1) is 11.3 Å². The first-order valence-corrected chi connectivity index (χ1v) is 10.5. The number of ether oxygens (including phenoxy) is 1. The molecule has 2 heterocycles. The smallest absolute Gasteiger partial charge is 0.191 e. The summed E-state index contributed by atoms with van der Waals surface area (Å²) in [6, 6.07) is 10.5. The van der Waals surface area contributed by atoms with Crippen molar-refractivity contribution < 1.29 is 4.74 Å². The number of anilines is 1. The second-order valence-electron chi connectivity index (χ2n) is 8.22. The van der Waals surface area contributed by atoms with Crippen molar-refractivity contribution in [3.8, 4) is 6.07 Å². The standard InChI is InChI=1S/C22H34N6O/c1-24-21(25-17-22(27(2)3)10-13-29-14-11-22)26-19-8-6-12-28(16-19)20-9-5-4-7-18(20)15-23/h4-5,7,9,19H,6,8,10-14,16-17H2,1-3H3,(H2,24,25,26). The Morgan fingerprint density at radius 1 is 1.34 bits per heavy atom. The highest BCUT2D eigenvalue weighted by Gasteiger charge is 2.35. The van der Waals surface area contributed by atoms with Crippen LogP contribution < -0.4 is 15.5 Å². The number of guanidine groups is 1. The number of piperidine rings is 1. The Labute approximate surface area is 174 Å². The highest BCUT2D eigenvalue weighted by atomic mass is 16.5. The van der Waals surface area contributed by atoms with Crippen molar-refractivity contribution in [3.63, 3.8) is 0 Å². The molecule has 0 amide bonds. The molecular weight excluding hydrogens is 364 g/mol. The minimum atomic E-state index is 0.0974. The van der Waals surface area contributed by atoms with Gasteiger partial charge in [0.2, 0.25) is 0 Å². The number of nitrogens with zero attached hydrogens (tertiary/aromatic N) is 4. The van der Waals surface area contributed by atoms with E-state index >= 15 is 0 Å². The van der Waals surface area contributed by atoms with Gasteiger partial charge in [0.05, 0.1) is 11.3 Å². The number of benzene rings is 1. The van der Waals surface area contributed by atoms with Crippen LogP contribution in [0.2, 0.25) is 0 Å². The van der Waals surface area contributed by atoms with E-state index in [1.165, 1.54) is 0 Å². The highest BCUT2D eigenvalue weighted by Crippen LogP contribution is 2.25. The Hall–Kier alpha value is -2.30. The zero-order valence-corrected chi connectivity index (χ0v) is 17.9. The summed E-state index contributed by atoms with van der Waals surface area (Å²) in [7, 11) is 6.12. The summed E-state index contributed by atoms with van der Waals surface area (Å²) in [5, 5.41) is 16.6. The van der Waals surface area contributed by atoms with E-state index in [-0.39, 0.29) is 5.54 Å². The van der Waals surface area contributed by atoms with Gasteiger partial charge in [0.15, 0.2) is 5.96 Å². The van der Waals surface area contributed by atoms with Gasteiger partial charge in [0, 0.05) is 51.5 Å². The van der Waals surface area contributed by atoms with Gasteiger partial charge in [-0.15, -0.1) is 0 Å². The lowest BCUT2D eigenvalue weighted by Gasteiger charge is -2.43. The van der Waals surface area contributed by atoms with E-state index in [9.17, 15) is 5.26 Å². The van der Waals surface area contributed by atoms with Crippen LogP contribution in [-0.4, -0.2) is 76.4 Å². The molecule has 1 atom stereocenters. The van der Waals surface area contributed by atoms with Crippen LogP contribution in [0.4, 0.5) is 5.69 Å². The molecule has 2 aliphatic heterocycles. The molecule has 7 nitrogen and oxygen atoms in total. The summed E-state index contributed by atoms with van der Waals surface area (Å²) in [6.07, 6.45) is 4.23. The highest BCUT2D eigenvalue weighted by molar-refractivity contribution is 5.80. The van der Waals surface area contributed by atoms with Crippen molar-refractivity contribution in [3.05, 3.63) is 29.8 Å². The van der Waals surface area contributed by atoms with Crippen molar-refractivity contribution in [2.24, 2.45) is 4.99 Å². The number of hydrogen-bond acceptors (Lipinski definition) is 5. The third kappa shape index (κ3) is 5.20. The van der Waals surface area contributed by atoms with Crippen molar-refractivity contribution >= 4 is 11.6 Å². The SMILES string of the molecule is CN=C(NCC1(N(C)C)CCOCC1)NC1CCCN(c2ccccc2C#N)C1. The molecule has 1 unspecified atom stereocenters. The van der Waals surface area contributed by atoms with Crippen LogP contribution in [0.25, 0.3) is 0 Å². The molecule has 0 saturated carbocycles. The molecule has 7 heteroatoms. The van der Waals surface area contributed by atoms with Crippen LogP contribution >= 0.6 is 0 Å². The van der Waals surface area contributed by atoms with Crippen LogP contribution in [0.15, 0.2) is 29.3 Å². The lowest BCUT2D eigenvalue weighted by atomic mass is 9.88. The van der Waals surface area contributed by atoms with E-state index in [1.807, 2.05) is 31.3 Å². The molecule has 1 aromatic rings. The summed E-state index contributed by atoms with van der Waals surface area (Å²) >= 11 is 0. The third-order valence-corrected chi connectivity index (χ3v) is 6.31. The van der Waals surface area contributed by atoms with E-state index in [0.717, 1.165) is 75.7 Å². The van der Waals surface area contributed by atoms with Crippen molar-refractivity contribution in [2.45, 2.75) is 37.3 Å². The summed E-state index contributed by atoms with van der Waals surface area (Å²) in [5.74, 6) is 0.845. The Morgan fingerprint density at radius 3 is 2.79 bits per heavy atom. The predicted octanol–water partition coefficient (Wildman–Crippen LogP) is 1.80. The van der Waals surface area contributed by atoms with Crippen LogP contribution in [0.3, 0.4) is 0 Å². The number of rotatable bonds is 5. The van der Waals surface area contributed by atoms with E-state index in [2.05, 4.69) is 45.6 Å². The fourth-order valence-electron chi connectivity index (χ4n) is 4.33. The molecular formula is C22H34N6O. The quantitative estimate of drug-likeness (QED) is 0.582. The number of aliphatic imine (C=N–C) groups is 1. The van der Waals surface area contributed by atoms with Gasteiger partial charge in [-0.2, -0.15) is 5.26 Å². The zero-order chi connectivity index (χ0) is 20.7. The second kappa shape index (κ2) is 9.95. The summed E-state index contributed by atoms with van der Waals surface area (Å²) in [4.78, 5) is 9.09. The number of likely N-dealkylation sites (N-methyl/N-ethyl adjacent to an activating group) is 1.